The van der Waals surface area contributed by atoms with Crippen LogP contribution in [0.15, 0.2) is 24.3 Å². The number of β-amino-alcohol motifs (C(OH)–C–C–N with tert-alkyl or cyclic N) is 1. The van der Waals surface area contributed by atoms with Crippen molar-refractivity contribution in [1.82, 2.24) is 10.6 Å². The van der Waals surface area contributed by atoms with Gasteiger partial charge in [0, 0.05) is 12.1 Å². The van der Waals surface area contributed by atoms with E-state index in [1.165, 1.54) is 18.6 Å². The molecule has 1 aromatic rings. The molecule has 0 aromatic heterocycles. The summed E-state index contributed by atoms with van der Waals surface area (Å²) >= 11 is 0. The molecule has 112 valence electrons. The zero-order valence-corrected chi connectivity index (χ0v) is 12.3. The molecule has 2 atom stereocenters. The van der Waals surface area contributed by atoms with Crippen LogP contribution in [-0.4, -0.2) is 30.3 Å². The third-order valence-corrected chi connectivity index (χ3v) is 3.97. The quantitative estimate of drug-likeness (QED) is 0.749. The molecular weight excluding hydrogens is 255 g/mol. The summed E-state index contributed by atoms with van der Waals surface area (Å²) in [6.45, 7) is 6.94. The summed E-state index contributed by atoms with van der Waals surface area (Å²) < 4.78 is 13.1. The Bertz CT molecular complexity index is 430. The number of halogens is 1. The monoisotopic (exact) mass is 280 g/mol. The second-order valence-corrected chi connectivity index (χ2v) is 6.40. The highest BCUT2D eigenvalue weighted by Gasteiger charge is 2.25. The molecule has 3 nitrogen and oxygen atoms in total. The van der Waals surface area contributed by atoms with Crippen LogP contribution in [0.5, 0.6) is 0 Å². The highest BCUT2D eigenvalue weighted by Crippen LogP contribution is 2.22. The summed E-state index contributed by atoms with van der Waals surface area (Å²) in [5.74, 6) is 0.390. The molecule has 0 aliphatic carbocycles. The molecule has 4 heteroatoms. The van der Waals surface area contributed by atoms with Crippen molar-refractivity contribution in [1.29, 1.82) is 0 Å². The Morgan fingerprint density at radius 1 is 1.50 bits per heavy atom. The molecule has 1 aromatic carbocycles. The topological polar surface area (TPSA) is 44.3 Å². The van der Waals surface area contributed by atoms with E-state index in [0.717, 1.165) is 19.5 Å². The lowest BCUT2D eigenvalue weighted by Crippen LogP contribution is -2.43. The van der Waals surface area contributed by atoms with Crippen molar-refractivity contribution in [3.63, 3.8) is 0 Å². The van der Waals surface area contributed by atoms with E-state index >= 15 is 0 Å². The maximum Gasteiger partial charge on any atom is 0.123 e. The third-order valence-electron chi connectivity index (χ3n) is 3.97. The number of aliphatic hydroxyl groups is 1. The van der Waals surface area contributed by atoms with Gasteiger partial charge < -0.3 is 15.7 Å². The van der Waals surface area contributed by atoms with E-state index in [4.69, 9.17) is 0 Å². The minimum absolute atomic E-state index is 0.0228. The van der Waals surface area contributed by atoms with Crippen molar-refractivity contribution in [2.75, 3.05) is 19.6 Å². The standard InChI is InChI=1S/C16H25FN2O/c1-16(2,9-12-6-7-18-10-12)19-11-15(20)13-4-3-5-14(17)8-13/h3-5,8,12,15,18-20H,6-7,9-11H2,1-2H3/t12-,15+/m1/s1. The average Bonchev–Trinajstić information content (AvgIpc) is 2.88. The van der Waals surface area contributed by atoms with Crippen LogP contribution >= 0.6 is 0 Å². The SMILES string of the molecule is CC(C)(C[C@H]1CCNC1)NC[C@H](O)c1cccc(F)c1. The number of aliphatic hydroxyl groups excluding tert-OH is 1. The average molecular weight is 280 g/mol. The lowest BCUT2D eigenvalue weighted by Gasteiger charge is -2.30. The first-order chi connectivity index (χ1) is 9.46. The first kappa shape index (κ1) is 15.4. The summed E-state index contributed by atoms with van der Waals surface area (Å²) in [6.07, 6.45) is 1.62. The van der Waals surface area contributed by atoms with Crippen LogP contribution < -0.4 is 10.6 Å². The van der Waals surface area contributed by atoms with Crippen molar-refractivity contribution in [3.8, 4) is 0 Å². The predicted octanol–water partition coefficient (Wildman–Crippen LogP) is 2.23. The van der Waals surface area contributed by atoms with E-state index in [0.29, 0.717) is 18.0 Å². The first-order valence-electron chi connectivity index (χ1n) is 7.35. The van der Waals surface area contributed by atoms with Crippen LogP contribution in [-0.2, 0) is 0 Å². The second-order valence-electron chi connectivity index (χ2n) is 6.40. The minimum atomic E-state index is -0.674. The predicted molar refractivity (Wildman–Crippen MR) is 79.0 cm³/mol. The molecule has 0 unspecified atom stereocenters. The largest absolute Gasteiger partial charge is 0.387 e. The number of hydrogen-bond donors (Lipinski definition) is 3. The van der Waals surface area contributed by atoms with Gasteiger partial charge >= 0.3 is 0 Å². The summed E-state index contributed by atoms with van der Waals surface area (Å²) in [4.78, 5) is 0. The summed E-state index contributed by atoms with van der Waals surface area (Å²) in [6, 6.07) is 6.16. The molecule has 2 rings (SSSR count). The normalized spacial score (nSPS) is 21.1. The van der Waals surface area contributed by atoms with Crippen molar-refractivity contribution >= 4 is 0 Å². The molecule has 0 saturated carbocycles. The van der Waals surface area contributed by atoms with E-state index in [-0.39, 0.29) is 11.4 Å². The van der Waals surface area contributed by atoms with Gasteiger partial charge in [-0.25, -0.2) is 4.39 Å². The molecule has 3 N–H and O–H groups in total. The fourth-order valence-electron chi connectivity index (χ4n) is 2.89. The van der Waals surface area contributed by atoms with Crippen LogP contribution in [0.25, 0.3) is 0 Å². The molecule has 1 aliphatic rings. The van der Waals surface area contributed by atoms with Gasteiger partial charge in [-0.2, -0.15) is 0 Å². The molecular formula is C16H25FN2O. The Morgan fingerprint density at radius 2 is 2.30 bits per heavy atom. The summed E-state index contributed by atoms with van der Waals surface area (Å²) in [5, 5.41) is 16.9. The lowest BCUT2D eigenvalue weighted by molar-refractivity contribution is 0.155. The van der Waals surface area contributed by atoms with Gasteiger partial charge in [-0.15, -0.1) is 0 Å². The van der Waals surface area contributed by atoms with Crippen molar-refractivity contribution in [2.45, 2.75) is 38.3 Å². The third kappa shape index (κ3) is 4.54. The molecule has 20 heavy (non-hydrogen) atoms. The lowest BCUT2D eigenvalue weighted by atomic mass is 9.89. The number of benzene rings is 1. The van der Waals surface area contributed by atoms with E-state index in [1.54, 1.807) is 12.1 Å². The Morgan fingerprint density at radius 3 is 2.95 bits per heavy atom. The molecule has 0 amide bonds. The van der Waals surface area contributed by atoms with Crippen LogP contribution in [0.4, 0.5) is 4.39 Å². The van der Waals surface area contributed by atoms with Crippen molar-refractivity contribution in [3.05, 3.63) is 35.6 Å². The van der Waals surface area contributed by atoms with Gasteiger partial charge in [0.05, 0.1) is 6.10 Å². The van der Waals surface area contributed by atoms with Crippen LogP contribution in [0.1, 0.15) is 38.4 Å². The zero-order chi connectivity index (χ0) is 14.6. The highest BCUT2D eigenvalue weighted by molar-refractivity contribution is 5.19. The smallest absolute Gasteiger partial charge is 0.123 e. The molecule has 0 radical (unpaired) electrons. The maximum atomic E-state index is 13.1. The molecule has 1 aliphatic heterocycles. The molecule has 0 spiro atoms. The van der Waals surface area contributed by atoms with E-state index < -0.39 is 6.10 Å². The Kier molecular flexibility index (Phi) is 5.13. The number of rotatable bonds is 6. The second kappa shape index (κ2) is 6.66. The van der Waals surface area contributed by atoms with E-state index in [9.17, 15) is 9.50 Å². The molecule has 1 fully saturated rings. The first-order valence-corrected chi connectivity index (χ1v) is 7.35. The Hall–Kier alpha value is -0.970. The fraction of sp³-hybridized carbons (Fsp3) is 0.625. The van der Waals surface area contributed by atoms with Gasteiger partial charge in [-0.1, -0.05) is 12.1 Å². The van der Waals surface area contributed by atoms with Gasteiger partial charge in [0.2, 0.25) is 0 Å². The zero-order valence-electron chi connectivity index (χ0n) is 12.3. The maximum absolute atomic E-state index is 13.1. The van der Waals surface area contributed by atoms with Gasteiger partial charge in [0.1, 0.15) is 5.82 Å². The number of nitrogens with one attached hydrogen (secondary N) is 2. The molecule has 1 heterocycles. The van der Waals surface area contributed by atoms with Crippen LogP contribution in [0.2, 0.25) is 0 Å². The number of hydrogen-bond acceptors (Lipinski definition) is 3. The van der Waals surface area contributed by atoms with Gasteiger partial charge in [-0.3, -0.25) is 0 Å². The summed E-state index contributed by atoms with van der Waals surface area (Å²) in [7, 11) is 0. The van der Waals surface area contributed by atoms with Crippen LogP contribution in [0, 0.1) is 11.7 Å². The Balaban J connectivity index is 1.83. The summed E-state index contributed by atoms with van der Waals surface area (Å²) in [5.41, 5.74) is 0.598. The Labute approximate surface area is 120 Å². The van der Waals surface area contributed by atoms with Gasteiger partial charge in [0.15, 0.2) is 0 Å². The van der Waals surface area contributed by atoms with E-state index in [2.05, 4.69) is 24.5 Å². The highest BCUT2D eigenvalue weighted by atomic mass is 19.1. The molecule has 0 bridgehead atoms. The fourth-order valence-corrected chi connectivity index (χ4v) is 2.89. The van der Waals surface area contributed by atoms with Crippen molar-refractivity contribution < 1.29 is 9.50 Å². The van der Waals surface area contributed by atoms with E-state index in [1.807, 2.05) is 0 Å². The molecule has 1 saturated heterocycles. The van der Waals surface area contributed by atoms with Gasteiger partial charge in [0.25, 0.3) is 0 Å². The van der Waals surface area contributed by atoms with Gasteiger partial charge in [-0.05, 0) is 63.4 Å². The van der Waals surface area contributed by atoms with Crippen molar-refractivity contribution in [2.24, 2.45) is 5.92 Å². The van der Waals surface area contributed by atoms with Crippen LogP contribution in [0.3, 0.4) is 0 Å². The minimum Gasteiger partial charge on any atom is -0.387 e.